The molecule has 20 heavy (non-hydrogen) atoms. The Kier molecular flexibility index (Phi) is 5.06. The van der Waals surface area contributed by atoms with E-state index in [1.165, 1.54) is 0 Å². The van der Waals surface area contributed by atoms with Gasteiger partial charge in [-0.1, -0.05) is 46.0 Å². The van der Waals surface area contributed by atoms with Crippen LogP contribution in [0.1, 0.15) is 71.6 Å². The fourth-order valence-corrected chi connectivity index (χ4v) is 3.60. The van der Waals surface area contributed by atoms with Gasteiger partial charge in [0, 0.05) is 6.54 Å². The molecular formula is C16H28N2O2. The molecular weight excluding hydrogens is 252 g/mol. The fraction of sp³-hybridized carbons (Fsp3) is 0.875. The molecule has 114 valence electrons. The van der Waals surface area contributed by atoms with Crippen LogP contribution in [0.2, 0.25) is 0 Å². The minimum absolute atomic E-state index is 0.0739. The van der Waals surface area contributed by atoms with Crippen molar-refractivity contribution < 1.29 is 9.59 Å². The Hall–Kier alpha value is -1.06. The molecule has 2 aliphatic rings. The first kappa shape index (κ1) is 15.3. The number of carbonyl (C=O) groups excluding carboxylic acids is 2. The van der Waals surface area contributed by atoms with Gasteiger partial charge in [-0.25, -0.2) is 0 Å². The monoisotopic (exact) mass is 280 g/mol. The summed E-state index contributed by atoms with van der Waals surface area (Å²) in [6, 6.07) is -0.240. The van der Waals surface area contributed by atoms with Crippen molar-refractivity contribution in [2.24, 2.45) is 0 Å². The summed E-state index contributed by atoms with van der Waals surface area (Å²) < 4.78 is 0. The van der Waals surface area contributed by atoms with Gasteiger partial charge in [-0.05, 0) is 25.7 Å². The number of rotatable bonds is 6. The van der Waals surface area contributed by atoms with Crippen molar-refractivity contribution in [1.82, 2.24) is 10.2 Å². The molecule has 1 N–H and O–H groups in total. The Morgan fingerprint density at radius 1 is 1.15 bits per heavy atom. The minimum atomic E-state index is -0.562. The second kappa shape index (κ2) is 6.59. The summed E-state index contributed by atoms with van der Waals surface area (Å²) >= 11 is 0. The maximum Gasteiger partial charge on any atom is 0.249 e. The van der Waals surface area contributed by atoms with Gasteiger partial charge in [-0.15, -0.1) is 0 Å². The molecule has 1 unspecified atom stereocenters. The number of hydrogen-bond acceptors (Lipinski definition) is 2. The van der Waals surface area contributed by atoms with Crippen LogP contribution in [0, 0.1) is 0 Å². The first-order chi connectivity index (χ1) is 9.64. The fourth-order valence-electron chi connectivity index (χ4n) is 3.60. The maximum atomic E-state index is 12.9. The third-order valence-corrected chi connectivity index (χ3v) is 4.73. The molecule has 1 saturated heterocycles. The predicted octanol–water partition coefficient (Wildman–Crippen LogP) is 2.62. The van der Waals surface area contributed by atoms with Crippen LogP contribution in [-0.2, 0) is 9.59 Å². The SMILES string of the molecule is CCCCCN1C(=O)C2(CCCC2)NC(=O)C1CCC. The first-order valence-electron chi connectivity index (χ1n) is 8.27. The molecule has 4 heteroatoms. The molecule has 2 amide bonds. The van der Waals surface area contributed by atoms with Crippen LogP contribution in [0.4, 0.5) is 0 Å². The molecule has 0 aromatic carbocycles. The molecule has 0 bridgehead atoms. The Morgan fingerprint density at radius 2 is 1.85 bits per heavy atom. The summed E-state index contributed by atoms with van der Waals surface area (Å²) in [5, 5.41) is 3.07. The van der Waals surface area contributed by atoms with Crippen molar-refractivity contribution in [3.05, 3.63) is 0 Å². The van der Waals surface area contributed by atoms with E-state index in [2.05, 4.69) is 19.2 Å². The lowest BCUT2D eigenvalue weighted by molar-refractivity contribution is -0.155. The number of hydrogen-bond donors (Lipinski definition) is 1. The average Bonchev–Trinajstić information content (AvgIpc) is 2.89. The van der Waals surface area contributed by atoms with E-state index in [0.717, 1.165) is 64.3 Å². The number of piperazine rings is 1. The highest BCUT2D eigenvalue weighted by atomic mass is 16.2. The lowest BCUT2D eigenvalue weighted by Crippen LogP contribution is -2.69. The average molecular weight is 280 g/mol. The van der Waals surface area contributed by atoms with Crippen LogP contribution < -0.4 is 5.32 Å². The van der Waals surface area contributed by atoms with E-state index < -0.39 is 5.54 Å². The van der Waals surface area contributed by atoms with Crippen LogP contribution >= 0.6 is 0 Å². The Morgan fingerprint density at radius 3 is 2.45 bits per heavy atom. The molecule has 0 aromatic rings. The normalized spacial score (nSPS) is 25.3. The molecule has 1 aliphatic heterocycles. The van der Waals surface area contributed by atoms with Crippen molar-refractivity contribution in [1.29, 1.82) is 0 Å². The predicted molar refractivity (Wildman–Crippen MR) is 79.3 cm³/mol. The molecule has 1 heterocycles. The second-order valence-corrected chi connectivity index (χ2v) is 6.29. The third kappa shape index (κ3) is 2.84. The van der Waals surface area contributed by atoms with Gasteiger partial charge < -0.3 is 10.2 Å². The van der Waals surface area contributed by atoms with Crippen LogP contribution in [-0.4, -0.2) is 34.8 Å². The smallest absolute Gasteiger partial charge is 0.249 e. The maximum absolute atomic E-state index is 12.9. The Labute approximate surface area is 122 Å². The van der Waals surface area contributed by atoms with E-state index in [1.807, 2.05) is 4.90 Å². The van der Waals surface area contributed by atoms with Crippen molar-refractivity contribution in [2.45, 2.75) is 83.2 Å². The molecule has 1 atom stereocenters. The summed E-state index contributed by atoms with van der Waals surface area (Å²) in [6.45, 7) is 4.97. The van der Waals surface area contributed by atoms with Crippen molar-refractivity contribution >= 4 is 11.8 Å². The van der Waals surface area contributed by atoms with Gasteiger partial charge in [0.25, 0.3) is 0 Å². The molecule has 4 nitrogen and oxygen atoms in total. The van der Waals surface area contributed by atoms with Gasteiger partial charge in [0.2, 0.25) is 11.8 Å². The number of carbonyl (C=O) groups is 2. The Bertz CT molecular complexity index is 361. The first-order valence-corrected chi connectivity index (χ1v) is 8.27. The Balaban J connectivity index is 2.14. The van der Waals surface area contributed by atoms with Gasteiger partial charge in [-0.3, -0.25) is 9.59 Å². The van der Waals surface area contributed by atoms with Crippen molar-refractivity contribution in [3.63, 3.8) is 0 Å². The highest BCUT2D eigenvalue weighted by Crippen LogP contribution is 2.35. The topological polar surface area (TPSA) is 49.4 Å². The molecule has 2 rings (SSSR count). The number of nitrogens with zero attached hydrogens (tertiary/aromatic N) is 1. The van der Waals surface area contributed by atoms with Gasteiger partial charge in [0.15, 0.2) is 0 Å². The largest absolute Gasteiger partial charge is 0.340 e. The van der Waals surface area contributed by atoms with E-state index in [9.17, 15) is 9.59 Å². The summed E-state index contributed by atoms with van der Waals surface area (Å²) in [7, 11) is 0. The van der Waals surface area contributed by atoms with E-state index in [4.69, 9.17) is 0 Å². The lowest BCUT2D eigenvalue weighted by Gasteiger charge is -2.44. The molecule has 1 spiro atoms. The molecule has 1 aliphatic carbocycles. The summed E-state index contributed by atoms with van der Waals surface area (Å²) in [6.07, 6.45) is 8.71. The van der Waals surface area contributed by atoms with Crippen LogP contribution in [0.5, 0.6) is 0 Å². The number of amides is 2. The molecule has 0 radical (unpaired) electrons. The standard InChI is InChI=1S/C16H28N2O2/c1-3-5-8-12-18-13(9-4-2)14(19)17-16(15(18)20)10-6-7-11-16/h13H,3-12H2,1-2H3,(H,17,19). The van der Waals surface area contributed by atoms with E-state index in [-0.39, 0.29) is 17.9 Å². The van der Waals surface area contributed by atoms with Crippen LogP contribution in [0.3, 0.4) is 0 Å². The van der Waals surface area contributed by atoms with Crippen LogP contribution in [0.15, 0.2) is 0 Å². The zero-order chi connectivity index (χ0) is 14.6. The van der Waals surface area contributed by atoms with E-state index in [0.29, 0.717) is 0 Å². The van der Waals surface area contributed by atoms with Gasteiger partial charge in [0.1, 0.15) is 11.6 Å². The zero-order valence-corrected chi connectivity index (χ0v) is 12.9. The summed E-state index contributed by atoms with van der Waals surface area (Å²) in [5.74, 6) is 0.258. The second-order valence-electron chi connectivity index (χ2n) is 6.29. The zero-order valence-electron chi connectivity index (χ0n) is 12.9. The lowest BCUT2D eigenvalue weighted by atomic mass is 9.89. The summed E-state index contributed by atoms with van der Waals surface area (Å²) in [5.41, 5.74) is -0.562. The van der Waals surface area contributed by atoms with E-state index >= 15 is 0 Å². The number of unbranched alkanes of at least 4 members (excludes halogenated alkanes) is 2. The highest BCUT2D eigenvalue weighted by molar-refractivity contribution is 6.00. The third-order valence-electron chi connectivity index (χ3n) is 4.73. The molecule has 1 saturated carbocycles. The number of nitrogens with one attached hydrogen (secondary N) is 1. The molecule has 2 fully saturated rings. The summed E-state index contributed by atoms with van der Waals surface area (Å²) in [4.78, 5) is 27.2. The van der Waals surface area contributed by atoms with Crippen molar-refractivity contribution in [3.8, 4) is 0 Å². The van der Waals surface area contributed by atoms with Gasteiger partial charge in [0.05, 0.1) is 0 Å². The van der Waals surface area contributed by atoms with Crippen LogP contribution in [0.25, 0.3) is 0 Å². The van der Waals surface area contributed by atoms with Gasteiger partial charge >= 0.3 is 0 Å². The van der Waals surface area contributed by atoms with Gasteiger partial charge in [-0.2, -0.15) is 0 Å². The van der Waals surface area contributed by atoms with Crippen molar-refractivity contribution in [2.75, 3.05) is 6.54 Å². The van der Waals surface area contributed by atoms with E-state index in [1.54, 1.807) is 0 Å². The minimum Gasteiger partial charge on any atom is -0.340 e. The quantitative estimate of drug-likeness (QED) is 0.760. The highest BCUT2D eigenvalue weighted by Gasteiger charge is 2.51. The molecule has 0 aromatic heterocycles.